The standard InChI is InChI=1S/C54H62N5O16P/c1-37(60)57-46-50(69-32-41-22-12-5-13-23-41)49(68-31-40-20-10-4-11-21-40)45(73-52(46)65-29-28-56-54(62)71-34-43-26-16-7-17-27-43)36-72-76(63,64)75-53-47(58-59-55)51(70-33-42-24-14-6-15-25-42)48(44(74-53)35-66-38(2)61)67-30-39-18-8-3-9-19-39/h3-27,44-53H,28-36H2,1-2H3,(H,56,62)(H,57,60)(H,63,64)/t44-,45-,46+,47+,48-,49-,50-,51-,52+,53-/m1/s1. The minimum absolute atomic E-state index is 0.00252. The van der Waals surface area contributed by atoms with E-state index in [1.165, 1.54) is 13.8 Å². The van der Waals surface area contributed by atoms with Crippen LogP contribution >= 0.6 is 7.82 Å². The average Bonchev–Trinajstić information content (AvgIpc) is 3.43. The van der Waals surface area contributed by atoms with E-state index in [-0.39, 0.29) is 46.2 Å². The molecule has 0 spiro atoms. The number of azide groups is 1. The maximum Gasteiger partial charge on any atom is 0.474 e. The number of carbonyl (C=O) groups is 3. The van der Waals surface area contributed by atoms with E-state index in [4.69, 9.17) is 51.7 Å². The quantitative estimate of drug-likeness (QED) is 0.0114. The summed E-state index contributed by atoms with van der Waals surface area (Å²) in [5.41, 5.74) is 13.8. The number of amides is 2. The van der Waals surface area contributed by atoms with E-state index in [2.05, 4.69) is 20.7 Å². The molecule has 3 N–H and O–H groups in total. The number of alkyl carbamates (subject to hydrolysis) is 1. The first kappa shape index (κ1) is 57.2. The van der Waals surface area contributed by atoms with Crippen LogP contribution in [0.15, 0.2) is 157 Å². The first-order valence-corrected chi connectivity index (χ1v) is 26.0. The van der Waals surface area contributed by atoms with Gasteiger partial charge in [-0.05, 0) is 33.3 Å². The number of hydrogen-bond acceptors (Lipinski definition) is 16. The lowest BCUT2D eigenvalue weighted by molar-refractivity contribution is -0.288. The van der Waals surface area contributed by atoms with E-state index in [0.29, 0.717) is 0 Å². The lowest BCUT2D eigenvalue weighted by atomic mass is 9.96. The first-order chi connectivity index (χ1) is 36.9. The maximum absolute atomic E-state index is 14.4. The molecule has 7 rings (SSSR count). The smallest absolute Gasteiger partial charge is 0.463 e. The number of hydrogen-bond donors (Lipinski definition) is 3. The van der Waals surface area contributed by atoms with E-state index in [0.717, 1.165) is 27.8 Å². The van der Waals surface area contributed by atoms with E-state index in [1.807, 2.05) is 152 Å². The minimum atomic E-state index is -5.31. The molecule has 22 heteroatoms. The van der Waals surface area contributed by atoms with E-state index < -0.39 is 100 Å². The highest BCUT2D eigenvalue weighted by Crippen LogP contribution is 2.48. The molecule has 0 aliphatic carbocycles. The predicted molar refractivity (Wildman–Crippen MR) is 272 cm³/mol. The molecular formula is C54H62N5O16P. The topological polar surface area (TPSA) is 263 Å². The van der Waals surface area contributed by atoms with E-state index in [9.17, 15) is 29.4 Å². The van der Waals surface area contributed by atoms with Crippen molar-refractivity contribution in [1.29, 1.82) is 0 Å². The van der Waals surface area contributed by atoms with Gasteiger partial charge in [0.2, 0.25) is 5.91 Å². The van der Waals surface area contributed by atoms with Gasteiger partial charge in [0.05, 0.1) is 39.6 Å². The highest BCUT2D eigenvalue weighted by atomic mass is 31.2. The molecule has 1 unspecified atom stereocenters. The van der Waals surface area contributed by atoms with Gasteiger partial charge >= 0.3 is 19.9 Å². The number of nitrogens with one attached hydrogen (secondary N) is 2. The van der Waals surface area contributed by atoms with Crippen molar-refractivity contribution in [2.45, 2.75) is 108 Å². The molecule has 11 atom stereocenters. The summed E-state index contributed by atoms with van der Waals surface area (Å²) >= 11 is 0. The van der Waals surface area contributed by atoms with Crippen LogP contribution < -0.4 is 10.6 Å². The number of ether oxygens (including phenoxy) is 9. The van der Waals surface area contributed by atoms with Gasteiger partial charge in [-0.25, -0.2) is 9.36 Å². The van der Waals surface area contributed by atoms with Crippen molar-refractivity contribution in [3.05, 3.63) is 190 Å². The number of phosphoric acid groups is 1. The van der Waals surface area contributed by atoms with Gasteiger partial charge in [0.1, 0.15) is 61.9 Å². The highest BCUT2D eigenvalue weighted by molar-refractivity contribution is 7.47. The Morgan fingerprint density at radius 2 is 1.03 bits per heavy atom. The van der Waals surface area contributed by atoms with Crippen LogP contribution in [0.5, 0.6) is 0 Å². The fraction of sp³-hybridized carbons (Fsp3) is 0.389. The van der Waals surface area contributed by atoms with Crippen molar-refractivity contribution >= 4 is 25.8 Å². The summed E-state index contributed by atoms with van der Waals surface area (Å²) in [4.78, 5) is 52.5. The summed E-state index contributed by atoms with van der Waals surface area (Å²) in [6.45, 7) is 1.25. The van der Waals surface area contributed by atoms with Gasteiger partial charge in [-0.2, -0.15) is 0 Å². The number of nitrogens with zero attached hydrogens (tertiary/aromatic N) is 3. The normalized spacial score (nSPS) is 24.0. The molecule has 0 radical (unpaired) electrons. The van der Waals surface area contributed by atoms with Crippen molar-refractivity contribution in [3.63, 3.8) is 0 Å². The monoisotopic (exact) mass is 1070 g/mol. The summed E-state index contributed by atoms with van der Waals surface area (Å²) in [7, 11) is -5.31. The molecule has 2 aliphatic rings. The van der Waals surface area contributed by atoms with Gasteiger partial charge in [-0.3, -0.25) is 18.6 Å². The molecule has 21 nitrogen and oxygen atoms in total. The summed E-state index contributed by atoms with van der Waals surface area (Å²) in [5.74, 6) is -1.11. The van der Waals surface area contributed by atoms with Gasteiger partial charge in [0.25, 0.3) is 0 Å². The van der Waals surface area contributed by atoms with Crippen LogP contribution in [0.3, 0.4) is 0 Å². The molecule has 0 saturated carbocycles. The molecule has 2 saturated heterocycles. The molecule has 5 aromatic carbocycles. The first-order valence-electron chi connectivity index (χ1n) is 24.5. The molecule has 2 fully saturated rings. The second-order valence-electron chi connectivity index (χ2n) is 17.6. The van der Waals surface area contributed by atoms with Crippen molar-refractivity contribution in [2.24, 2.45) is 5.11 Å². The third-order valence-corrected chi connectivity index (χ3v) is 12.9. The fourth-order valence-corrected chi connectivity index (χ4v) is 9.19. The molecule has 5 aromatic rings. The molecule has 0 aromatic heterocycles. The largest absolute Gasteiger partial charge is 0.474 e. The lowest BCUT2D eigenvalue weighted by Crippen LogP contribution is -2.66. The van der Waals surface area contributed by atoms with Crippen LogP contribution in [0.4, 0.5) is 4.79 Å². The van der Waals surface area contributed by atoms with Crippen molar-refractivity contribution < 1.29 is 75.5 Å². The van der Waals surface area contributed by atoms with Gasteiger partial charge in [-0.1, -0.05) is 157 Å². The second kappa shape index (κ2) is 29.7. The predicted octanol–water partition coefficient (Wildman–Crippen LogP) is 7.60. The number of carbonyl (C=O) groups excluding carboxylic acids is 3. The Balaban J connectivity index is 1.14. The van der Waals surface area contributed by atoms with Gasteiger partial charge in [-0.15, -0.1) is 0 Å². The summed E-state index contributed by atoms with van der Waals surface area (Å²) in [5, 5.41) is 9.46. The third-order valence-electron chi connectivity index (χ3n) is 11.9. The Kier molecular flexibility index (Phi) is 22.3. The zero-order valence-corrected chi connectivity index (χ0v) is 42.8. The third kappa shape index (κ3) is 18.1. The fourth-order valence-electron chi connectivity index (χ4n) is 8.35. The summed E-state index contributed by atoms with van der Waals surface area (Å²) in [6.07, 6.45) is -10.9. The van der Waals surface area contributed by atoms with Crippen LogP contribution in [0, 0.1) is 0 Å². The van der Waals surface area contributed by atoms with Gasteiger partial charge in [0.15, 0.2) is 12.6 Å². The molecule has 76 heavy (non-hydrogen) atoms. The maximum atomic E-state index is 14.4. The van der Waals surface area contributed by atoms with E-state index in [1.54, 1.807) is 0 Å². The van der Waals surface area contributed by atoms with Crippen LogP contribution in [0.25, 0.3) is 10.4 Å². The van der Waals surface area contributed by atoms with Crippen molar-refractivity contribution in [3.8, 4) is 0 Å². The van der Waals surface area contributed by atoms with Gasteiger partial charge in [0, 0.05) is 25.3 Å². The van der Waals surface area contributed by atoms with Crippen LogP contribution in [-0.2, 0) is 98.9 Å². The molecule has 2 amide bonds. The van der Waals surface area contributed by atoms with Gasteiger partial charge < -0.3 is 58.2 Å². The number of benzene rings is 5. The molecule has 2 aliphatic heterocycles. The SMILES string of the molecule is CC(=O)N[C@@H]1[C@@H](OCCNC(=O)OCc2ccccc2)O[C@H](COP(=O)(O)O[C@H]2O[C@H](COC(C)=O)[C@@H](OCc3ccccc3)[C@H](OCc3ccccc3)[C@@H]2N=[N+]=[N-])[C@@H](OCc2ccccc2)[C@@H]1OCc1ccccc1. The number of rotatable bonds is 27. The zero-order valence-electron chi connectivity index (χ0n) is 41.9. The summed E-state index contributed by atoms with van der Waals surface area (Å²) < 4.78 is 81.5. The Bertz CT molecular complexity index is 2650. The minimum Gasteiger partial charge on any atom is -0.463 e. The second-order valence-corrected chi connectivity index (χ2v) is 19.0. The van der Waals surface area contributed by atoms with Crippen molar-refractivity contribution in [1.82, 2.24) is 10.6 Å². The van der Waals surface area contributed by atoms with E-state index >= 15 is 0 Å². The Morgan fingerprint density at radius 3 is 1.50 bits per heavy atom. The Labute approximate surface area is 440 Å². The summed E-state index contributed by atoms with van der Waals surface area (Å²) in [6, 6.07) is 43.3. The Hall–Kier alpha value is -6.55. The van der Waals surface area contributed by atoms with Crippen LogP contribution in [0.1, 0.15) is 41.7 Å². The number of esters is 1. The molecule has 2 heterocycles. The highest BCUT2D eigenvalue weighted by Gasteiger charge is 2.52. The average molecular weight is 1070 g/mol. The van der Waals surface area contributed by atoms with Crippen LogP contribution in [0.2, 0.25) is 0 Å². The number of phosphoric ester groups is 1. The lowest BCUT2D eigenvalue weighted by Gasteiger charge is -2.46. The Morgan fingerprint density at radius 1 is 0.592 bits per heavy atom. The molecule has 0 bridgehead atoms. The zero-order chi connectivity index (χ0) is 53.5. The molecule has 404 valence electrons. The molecular weight excluding hydrogens is 1010 g/mol. The van der Waals surface area contributed by atoms with Crippen LogP contribution in [-0.4, -0.2) is 111 Å². The van der Waals surface area contributed by atoms with Crippen molar-refractivity contribution in [2.75, 3.05) is 26.4 Å².